The first-order valence-corrected chi connectivity index (χ1v) is 7.12. The number of hydrogen-bond donors (Lipinski definition) is 0. The van der Waals surface area contributed by atoms with Gasteiger partial charge < -0.3 is 4.74 Å². The normalized spacial score (nSPS) is 10.6. The molecule has 0 atom stereocenters. The molecule has 0 amide bonds. The van der Waals surface area contributed by atoms with Gasteiger partial charge in [0.15, 0.2) is 0 Å². The summed E-state index contributed by atoms with van der Waals surface area (Å²) in [5.41, 5.74) is 1.66. The predicted octanol–water partition coefficient (Wildman–Crippen LogP) is 4.22. The standard InChI is InChI=1S/C18H22O2/c1-3-4-5-6-7-9-14-17(15-18(19)20-2)16-12-10-8-11-13-16/h8,10-13,15H,3-7H2,1-2H3/b17-15-. The molecular weight excluding hydrogens is 248 g/mol. The molecule has 0 radical (unpaired) electrons. The molecule has 2 nitrogen and oxygen atoms in total. The lowest BCUT2D eigenvalue weighted by atomic mass is 10.1. The van der Waals surface area contributed by atoms with Gasteiger partial charge in [0.2, 0.25) is 0 Å². The van der Waals surface area contributed by atoms with Crippen LogP contribution in [0.15, 0.2) is 36.4 Å². The van der Waals surface area contributed by atoms with E-state index >= 15 is 0 Å². The molecule has 0 aromatic heterocycles. The monoisotopic (exact) mass is 270 g/mol. The number of ether oxygens (including phenoxy) is 1. The van der Waals surface area contributed by atoms with Crippen molar-refractivity contribution in [2.45, 2.75) is 39.0 Å². The minimum absolute atomic E-state index is 0.371. The molecule has 0 aliphatic heterocycles. The minimum atomic E-state index is -0.371. The van der Waals surface area contributed by atoms with Crippen molar-refractivity contribution in [3.63, 3.8) is 0 Å². The van der Waals surface area contributed by atoms with Crippen LogP contribution >= 0.6 is 0 Å². The zero-order valence-corrected chi connectivity index (χ0v) is 12.3. The Bertz CT molecular complexity index is 489. The Morgan fingerprint density at radius 1 is 1.20 bits per heavy atom. The van der Waals surface area contributed by atoms with Crippen molar-refractivity contribution in [2.24, 2.45) is 0 Å². The summed E-state index contributed by atoms with van der Waals surface area (Å²) >= 11 is 0. The number of esters is 1. The molecule has 0 aliphatic rings. The number of carbonyl (C=O) groups is 1. The summed E-state index contributed by atoms with van der Waals surface area (Å²) in [6, 6.07) is 9.70. The van der Waals surface area contributed by atoms with Crippen LogP contribution in [0.25, 0.3) is 5.57 Å². The number of benzene rings is 1. The summed E-state index contributed by atoms with van der Waals surface area (Å²) in [5.74, 6) is 5.86. The third-order valence-electron chi connectivity index (χ3n) is 2.93. The second kappa shape index (κ2) is 9.86. The smallest absolute Gasteiger partial charge is 0.331 e. The molecule has 0 bridgehead atoms. The fourth-order valence-electron chi connectivity index (χ4n) is 1.78. The molecule has 20 heavy (non-hydrogen) atoms. The summed E-state index contributed by atoms with van der Waals surface area (Å²) in [5, 5.41) is 0. The van der Waals surface area contributed by atoms with E-state index in [4.69, 9.17) is 0 Å². The summed E-state index contributed by atoms with van der Waals surface area (Å²) < 4.78 is 4.68. The first kappa shape index (κ1) is 16.0. The Morgan fingerprint density at radius 2 is 1.95 bits per heavy atom. The first-order valence-electron chi connectivity index (χ1n) is 7.12. The van der Waals surface area contributed by atoms with Gasteiger partial charge in [0, 0.05) is 18.1 Å². The first-order chi connectivity index (χ1) is 9.77. The Kier molecular flexibility index (Phi) is 7.91. The van der Waals surface area contributed by atoms with E-state index in [1.165, 1.54) is 32.4 Å². The van der Waals surface area contributed by atoms with Gasteiger partial charge in [-0.15, -0.1) is 0 Å². The number of methoxy groups -OCH3 is 1. The predicted molar refractivity (Wildman–Crippen MR) is 83.0 cm³/mol. The maximum absolute atomic E-state index is 11.4. The highest BCUT2D eigenvalue weighted by atomic mass is 16.5. The van der Waals surface area contributed by atoms with Gasteiger partial charge in [-0.2, -0.15) is 0 Å². The molecule has 0 heterocycles. The highest BCUT2D eigenvalue weighted by molar-refractivity contribution is 5.95. The van der Waals surface area contributed by atoms with Gasteiger partial charge in [0.1, 0.15) is 0 Å². The number of carbonyl (C=O) groups excluding carboxylic acids is 1. The second-order valence-corrected chi connectivity index (χ2v) is 4.56. The third-order valence-corrected chi connectivity index (χ3v) is 2.93. The maximum atomic E-state index is 11.4. The van der Waals surface area contributed by atoms with Crippen molar-refractivity contribution in [1.82, 2.24) is 0 Å². The fourth-order valence-corrected chi connectivity index (χ4v) is 1.78. The quantitative estimate of drug-likeness (QED) is 0.335. The van der Waals surface area contributed by atoms with Crippen LogP contribution in [0.1, 0.15) is 44.6 Å². The van der Waals surface area contributed by atoms with E-state index in [1.807, 2.05) is 30.3 Å². The largest absolute Gasteiger partial charge is 0.466 e. The van der Waals surface area contributed by atoms with E-state index in [9.17, 15) is 4.79 Å². The number of allylic oxidation sites excluding steroid dienone is 1. The molecule has 2 heteroatoms. The van der Waals surface area contributed by atoms with Crippen LogP contribution < -0.4 is 0 Å². The summed E-state index contributed by atoms with van der Waals surface area (Å²) in [6.45, 7) is 2.19. The maximum Gasteiger partial charge on any atom is 0.331 e. The van der Waals surface area contributed by atoms with Crippen molar-refractivity contribution in [2.75, 3.05) is 7.11 Å². The Morgan fingerprint density at radius 3 is 2.60 bits per heavy atom. The molecular formula is C18H22O2. The van der Waals surface area contributed by atoms with Gasteiger partial charge in [-0.1, -0.05) is 68.4 Å². The van der Waals surface area contributed by atoms with Gasteiger partial charge in [0.25, 0.3) is 0 Å². The molecule has 1 aromatic rings. The Labute approximate surface area is 121 Å². The Balaban J connectivity index is 2.73. The van der Waals surface area contributed by atoms with E-state index in [1.54, 1.807) is 0 Å². The number of unbranched alkanes of at least 4 members (excludes halogenated alkanes) is 4. The number of rotatable bonds is 6. The molecule has 0 saturated carbocycles. The van der Waals surface area contributed by atoms with E-state index in [0.29, 0.717) is 5.57 Å². The third kappa shape index (κ3) is 6.24. The van der Waals surface area contributed by atoms with Crippen LogP contribution in [0.5, 0.6) is 0 Å². The Hall–Kier alpha value is -2.01. The fraction of sp³-hybridized carbons (Fsp3) is 0.389. The lowest BCUT2D eigenvalue weighted by Gasteiger charge is -2.00. The van der Waals surface area contributed by atoms with Crippen molar-refractivity contribution in [3.8, 4) is 11.8 Å². The second-order valence-electron chi connectivity index (χ2n) is 4.56. The lowest BCUT2D eigenvalue weighted by molar-refractivity contribution is -0.134. The average molecular weight is 270 g/mol. The number of hydrogen-bond acceptors (Lipinski definition) is 2. The van der Waals surface area contributed by atoms with Crippen LogP contribution in [-0.4, -0.2) is 13.1 Å². The highest BCUT2D eigenvalue weighted by Crippen LogP contribution is 2.13. The SMILES string of the molecule is CCCCCCC#C/C(=C/C(=O)OC)c1ccccc1. The van der Waals surface area contributed by atoms with Crippen molar-refractivity contribution in [3.05, 3.63) is 42.0 Å². The molecule has 0 fully saturated rings. The molecule has 0 N–H and O–H groups in total. The van der Waals surface area contributed by atoms with Crippen LogP contribution in [0.3, 0.4) is 0 Å². The molecule has 1 rings (SSSR count). The molecule has 0 aliphatic carbocycles. The zero-order valence-electron chi connectivity index (χ0n) is 12.3. The van der Waals surface area contributed by atoms with E-state index < -0.39 is 0 Å². The van der Waals surface area contributed by atoms with Crippen LogP contribution in [0, 0.1) is 11.8 Å². The van der Waals surface area contributed by atoms with E-state index in [2.05, 4.69) is 23.5 Å². The van der Waals surface area contributed by atoms with Gasteiger partial charge in [0.05, 0.1) is 7.11 Å². The molecule has 1 aromatic carbocycles. The molecule has 0 spiro atoms. The van der Waals surface area contributed by atoms with Crippen LogP contribution in [0.4, 0.5) is 0 Å². The molecule has 0 saturated heterocycles. The summed E-state index contributed by atoms with van der Waals surface area (Å²) in [4.78, 5) is 11.4. The lowest BCUT2D eigenvalue weighted by Crippen LogP contribution is -1.96. The van der Waals surface area contributed by atoms with Gasteiger partial charge in [-0.05, 0) is 12.0 Å². The zero-order chi connectivity index (χ0) is 14.6. The average Bonchev–Trinajstić information content (AvgIpc) is 2.50. The topological polar surface area (TPSA) is 26.3 Å². The van der Waals surface area contributed by atoms with Crippen LogP contribution in [-0.2, 0) is 9.53 Å². The van der Waals surface area contributed by atoms with Crippen molar-refractivity contribution < 1.29 is 9.53 Å². The summed E-state index contributed by atoms with van der Waals surface area (Å²) in [7, 11) is 1.37. The molecule has 106 valence electrons. The van der Waals surface area contributed by atoms with Crippen molar-refractivity contribution >= 4 is 11.5 Å². The van der Waals surface area contributed by atoms with Crippen LogP contribution in [0.2, 0.25) is 0 Å². The highest BCUT2D eigenvalue weighted by Gasteiger charge is 2.01. The van der Waals surface area contributed by atoms with Gasteiger partial charge >= 0.3 is 5.97 Å². The minimum Gasteiger partial charge on any atom is -0.466 e. The van der Waals surface area contributed by atoms with E-state index in [0.717, 1.165) is 18.4 Å². The van der Waals surface area contributed by atoms with Gasteiger partial charge in [-0.25, -0.2) is 4.79 Å². The van der Waals surface area contributed by atoms with Gasteiger partial charge in [-0.3, -0.25) is 0 Å². The van der Waals surface area contributed by atoms with E-state index in [-0.39, 0.29) is 5.97 Å². The molecule has 0 unspecified atom stereocenters. The summed E-state index contributed by atoms with van der Waals surface area (Å²) in [6.07, 6.45) is 7.13. The van der Waals surface area contributed by atoms with Crippen molar-refractivity contribution in [1.29, 1.82) is 0 Å².